The van der Waals surface area contributed by atoms with Crippen LogP contribution in [0.25, 0.3) is 10.9 Å². The van der Waals surface area contributed by atoms with Gasteiger partial charge in [0.1, 0.15) is 16.4 Å². The van der Waals surface area contributed by atoms with Crippen molar-refractivity contribution in [1.82, 2.24) is 19.8 Å². The van der Waals surface area contributed by atoms with Gasteiger partial charge in [0.25, 0.3) is 5.56 Å². The lowest BCUT2D eigenvalue weighted by atomic mass is 9.84. The van der Waals surface area contributed by atoms with Crippen molar-refractivity contribution < 1.29 is 23.2 Å². The fraction of sp³-hybridized carbons (Fsp3) is 0.571. The van der Waals surface area contributed by atoms with Crippen LogP contribution in [0.4, 0.5) is 4.79 Å². The van der Waals surface area contributed by atoms with Crippen LogP contribution in [-0.2, 0) is 26.9 Å². The molecule has 38 heavy (non-hydrogen) atoms. The largest absolute Gasteiger partial charge is 0.444 e. The third-order valence-electron chi connectivity index (χ3n) is 6.52. The molecule has 1 saturated heterocycles. The van der Waals surface area contributed by atoms with E-state index in [2.05, 4.69) is 22.1 Å². The van der Waals surface area contributed by atoms with Crippen LogP contribution in [0.3, 0.4) is 0 Å². The highest BCUT2D eigenvalue weighted by Gasteiger charge is 2.40. The van der Waals surface area contributed by atoms with Crippen molar-refractivity contribution in [2.24, 2.45) is 7.05 Å². The number of rotatable bonds is 3. The highest BCUT2D eigenvalue weighted by atomic mass is 35.5. The van der Waals surface area contributed by atoms with E-state index >= 15 is 0 Å². The van der Waals surface area contributed by atoms with Gasteiger partial charge in [-0.2, -0.15) is 0 Å². The highest BCUT2D eigenvalue weighted by molar-refractivity contribution is 6.34. The van der Waals surface area contributed by atoms with Crippen LogP contribution in [0.2, 0.25) is 5.15 Å². The fourth-order valence-corrected chi connectivity index (χ4v) is 4.80. The molecule has 1 aliphatic rings. The van der Waals surface area contributed by atoms with Gasteiger partial charge in [-0.25, -0.2) is 9.78 Å². The molecule has 2 aromatic heterocycles. The zero-order valence-electron chi connectivity index (χ0n) is 26.2. The second kappa shape index (κ2) is 10.6. The third-order valence-corrected chi connectivity index (χ3v) is 6.81. The minimum absolute atomic E-state index is 0.108. The van der Waals surface area contributed by atoms with Crippen molar-refractivity contribution in [3.8, 4) is 11.8 Å². The fourth-order valence-electron chi connectivity index (χ4n) is 4.53. The highest BCUT2D eigenvalue weighted by Crippen LogP contribution is 2.37. The average Bonchev–Trinajstić information content (AvgIpc) is 2.78. The van der Waals surface area contributed by atoms with Crippen LogP contribution < -0.4 is 10.9 Å². The molecule has 206 valence electrons. The molecule has 1 aliphatic heterocycles. The number of amides is 2. The van der Waals surface area contributed by atoms with E-state index in [1.807, 2.05) is 0 Å². The molecular weight excluding hydrogens is 508 g/mol. The standard InChI is InChI=1S/C28H37ClN4O5/c1-17-19(10-11-27(6,7)31-25(36)38-26(3,4)5)22-20(23(29)30-17)16-21(24(35)32(22)8)28(37-9)12-14-33(15-13-28)18(2)34/h16H,12-15H2,1-9H3,(H,31,36)/i9D3. The summed E-state index contributed by atoms with van der Waals surface area (Å²) >= 11 is 6.58. The first-order chi connectivity index (χ1) is 18.6. The van der Waals surface area contributed by atoms with Crippen molar-refractivity contribution in [2.45, 2.75) is 78.0 Å². The SMILES string of the molecule is [2H]C([2H])([2H])OC1(c2cc3c(Cl)nc(C)c(C#CC(C)(C)NC(=O)OC(C)(C)C)c3n(C)c2=O)CCN(C(C)=O)CC1. The number of aryl methyl sites for hydroxylation is 2. The molecule has 2 amide bonds. The van der Waals surface area contributed by atoms with Crippen LogP contribution in [0.15, 0.2) is 10.9 Å². The topological polar surface area (TPSA) is 103 Å². The minimum atomic E-state index is -2.79. The first-order valence-corrected chi connectivity index (χ1v) is 12.7. The molecule has 0 atom stereocenters. The molecule has 0 unspecified atom stereocenters. The Hall–Kier alpha value is -3.09. The summed E-state index contributed by atoms with van der Waals surface area (Å²) < 4.78 is 35.7. The van der Waals surface area contributed by atoms with Crippen LogP contribution >= 0.6 is 11.6 Å². The van der Waals surface area contributed by atoms with Crippen molar-refractivity contribution >= 4 is 34.5 Å². The average molecular weight is 548 g/mol. The number of nitrogens with zero attached hydrogens (tertiary/aromatic N) is 3. The van der Waals surface area contributed by atoms with Crippen molar-refractivity contribution in [2.75, 3.05) is 20.1 Å². The number of methoxy groups -OCH3 is 1. The molecule has 10 heteroatoms. The van der Waals surface area contributed by atoms with E-state index in [1.54, 1.807) is 53.5 Å². The Labute approximate surface area is 233 Å². The van der Waals surface area contributed by atoms with E-state index in [1.165, 1.54) is 17.6 Å². The Morgan fingerprint density at radius 3 is 2.42 bits per heavy atom. The van der Waals surface area contributed by atoms with Crippen LogP contribution in [0.1, 0.15) is 75.3 Å². The van der Waals surface area contributed by atoms with E-state index in [9.17, 15) is 14.4 Å². The number of aromatic nitrogens is 2. The predicted octanol–water partition coefficient (Wildman–Crippen LogP) is 4.03. The quantitative estimate of drug-likeness (QED) is 0.459. The van der Waals surface area contributed by atoms with Gasteiger partial charge in [0, 0.05) is 39.5 Å². The number of hydrogen-bond donors (Lipinski definition) is 1. The van der Waals surface area contributed by atoms with Gasteiger partial charge in [-0.05, 0) is 60.5 Å². The Kier molecular flexibility index (Phi) is 7.02. The molecular formula is C28H37ClN4O5. The number of ether oxygens (including phenoxy) is 2. The van der Waals surface area contributed by atoms with Crippen LogP contribution in [-0.4, -0.2) is 57.7 Å². The molecule has 0 aromatic carbocycles. The summed E-state index contributed by atoms with van der Waals surface area (Å²) in [6.45, 7) is 12.3. The molecule has 1 N–H and O–H groups in total. The Morgan fingerprint density at radius 2 is 1.87 bits per heavy atom. The Morgan fingerprint density at radius 1 is 1.24 bits per heavy atom. The molecule has 3 heterocycles. The number of fused-ring (bicyclic) bond motifs is 1. The maximum atomic E-state index is 13.9. The predicted molar refractivity (Wildman–Crippen MR) is 147 cm³/mol. The molecule has 0 aliphatic carbocycles. The van der Waals surface area contributed by atoms with E-state index in [-0.39, 0.29) is 42.6 Å². The number of pyridine rings is 2. The van der Waals surface area contributed by atoms with Crippen LogP contribution in [0, 0.1) is 18.8 Å². The number of alkyl carbamates (subject to hydrolysis) is 1. The summed E-state index contributed by atoms with van der Waals surface area (Å²) in [5, 5.41) is 3.23. The maximum absolute atomic E-state index is 13.9. The van der Waals surface area contributed by atoms with Gasteiger partial charge >= 0.3 is 6.09 Å². The van der Waals surface area contributed by atoms with E-state index < -0.39 is 35.4 Å². The van der Waals surface area contributed by atoms with Gasteiger partial charge in [-0.15, -0.1) is 0 Å². The summed E-state index contributed by atoms with van der Waals surface area (Å²) in [6, 6.07) is 1.52. The summed E-state index contributed by atoms with van der Waals surface area (Å²) in [5.41, 5.74) is -2.22. The van der Waals surface area contributed by atoms with Crippen LogP contribution in [0.5, 0.6) is 0 Å². The van der Waals surface area contributed by atoms with E-state index in [4.69, 9.17) is 25.2 Å². The molecule has 3 rings (SSSR count). The number of nitrogens with one attached hydrogen (secondary N) is 1. The smallest absolute Gasteiger partial charge is 0.408 e. The number of carbonyl (C=O) groups excluding carboxylic acids is 2. The van der Waals surface area contributed by atoms with Crippen molar-refractivity contribution in [3.63, 3.8) is 0 Å². The Balaban J connectivity index is 2.17. The molecule has 0 spiro atoms. The van der Waals surface area contributed by atoms with Gasteiger partial charge in [0.05, 0.1) is 32.0 Å². The van der Waals surface area contributed by atoms with Gasteiger partial charge in [-0.1, -0.05) is 23.4 Å². The summed E-state index contributed by atoms with van der Waals surface area (Å²) in [7, 11) is -1.25. The zero-order chi connectivity index (χ0) is 31.1. The van der Waals surface area contributed by atoms with E-state index in [0.29, 0.717) is 22.2 Å². The number of carbonyl (C=O) groups is 2. The second-order valence-corrected chi connectivity index (χ2v) is 11.5. The second-order valence-electron chi connectivity index (χ2n) is 11.2. The minimum Gasteiger partial charge on any atom is -0.444 e. The number of piperidine rings is 1. The lowest BCUT2D eigenvalue weighted by Gasteiger charge is -2.40. The van der Waals surface area contributed by atoms with Crippen molar-refractivity contribution in [3.05, 3.63) is 38.4 Å². The first kappa shape index (κ1) is 25.2. The molecule has 0 bridgehead atoms. The van der Waals surface area contributed by atoms with Gasteiger partial charge in [0.15, 0.2) is 0 Å². The lowest BCUT2D eigenvalue weighted by molar-refractivity contribution is -0.135. The number of halogens is 1. The maximum Gasteiger partial charge on any atom is 0.408 e. The lowest BCUT2D eigenvalue weighted by Crippen LogP contribution is -2.48. The molecule has 0 saturated carbocycles. The van der Waals surface area contributed by atoms with Gasteiger partial charge in [-0.3, -0.25) is 9.59 Å². The third kappa shape index (κ3) is 6.13. The summed E-state index contributed by atoms with van der Waals surface area (Å²) in [5.74, 6) is 5.94. The number of likely N-dealkylation sites (tertiary alicyclic amines) is 1. The zero-order valence-corrected chi connectivity index (χ0v) is 23.9. The molecule has 9 nitrogen and oxygen atoms in total. The van der Waals surface area contributed by atoms with Crippen molar-refractivity contribution in [1.29, 1.82) is 0 Å². The summed E-state index contributed by atoms with van der Waals surface area (Å²) in [6.07, 6.45) is -0.403. The number of hydrogen-bond acceptors (Lipinski definition) is 6. The summed E-state index contributed by atoms with van der Waals surface area (Å²) in [4.78, 5) is 44.2. The molecule has 2 aromatic rings. The first-order valence-electron chi connectivity index (χ1n) is 13.9. The normalized spacial score (nSPS) is 17.1. The monoisotopic (exact) mass is 547 g/mol. The molecule has 1 fully saturated rings. The molecule has 0 radical (unpaired) electrons. The Bertz CT molecular complexity index is 1490. The van der Waals surface area contributed by atoms with Gasteiger partial charge in [0.2, 0.25) is 5.91 Å². The van der Waals surface area contributed by atoms with E-state index in [0.717, 1.165) is 0 Å². The van der Waals surface area contributed by atoms with Gasteiger partial charge < -0.3 is 24.3 Å².